The molecule has 1 atom stereocenters. The summed E-state index contributed by atoms with van der Waals surface area (Å²) in [6, 6.07) is 57.7. The standard InChI is InChI=1S/C44H32N4S/c45-43(29-13-5-2-6-14-29)47-44(46)32-15-9-16-33(25-32)48-39-24-22-30(28-11-3-1-4-12-28)26-38(39)35-23-21-31(27-40(35)48)34-18-10-19-37-36-17-7-8-20-41(36)49-42(34)37/h1-27,44H,46H2,(H2,45,47). The van der Waals surface area contributed by atoms with Crippen molar-refractivity contribution in [3.05, 3.63) is 175 Å². The Morgan fingerprint density at radius 2 is 1.29 bits per heavy atom. The third-order valence-corrected chi connectivity index (χ3v) is 10.6. The zero-order valence-electron chi connectivity index (χ0n) is 26.6. The lowest BCUT2D eigenvalue weighted by atomic mass is 10.00. The van der Waals surface area contributed by atoms with Crippen molar-refractivity contribution in [2.24, 2.45) is 16.5 Å². The number of amidine groups is 1. The quantitative estimate of drug-likeness (QED) is 0.139. The third kappa shape index (κ3) is 5.08. The van der Waals surface area contributed by atoms with E-state index in [1.54, 1.807) is 0 Å². The van der Waals surface area contributed by atoms with Crippen molar-refractivity contribution in [1.82, 2.24) is 4.57 Å². The predicted molar refractivity (Wildman–Crippen MR) is 209 cm³/mol. The maximum atomic E-state index is 6.67. The summed E-state index contributed by atoms with van der Waals surface area (Å²) < 4.78 is 4.96. The van der Waals surface area contributed by atoms with E-state index in [2.05, 4.69) is 137 Å². The molecule has 4 nitrogen and oxygen atoms in total. The van der Waals surface area contributed by atoms with E-state index in [4.69, 9.17) is 11.5 Å². The molecule has 0 saturated heterocycles. The Bertz CT molecular complexity index is 2690. The average Bonchev–Trinajstić information content (AvgIpc) is 3.70. The molecule has 0 bridgehead atoms. The Morgan fingerprint density at radius 3 is 2.14 bits per heavy atom. The van der Waals surface area contributed by atoms with E-state index in [-0.39, 0.29) is 0 Å². The molecule has 2 aromatic heterocycles. The van der Waals surface area contributed by atoms with Crippen LogP contribution in [0.25, 0.3) is 69.9 Å². The number of aromatic nitrogens is 1. The molecule has 5 heteroatoms. The first-order valence-electron chi connectivity index (χ1n) is 16.4. The van der Waals surface area contributed by atoms with Crippen molar-refractivity contribution in [3.8, 4) is 27.9 Å². The van der Waals surface area contributed by atoms with E-state index in [1.807, 2.05) is 47.7 Å². The highest BCUT2D eigenvalue weighted by molar-refractivity contribution is 7.26. The van der Waals surface area contributed by atoms with Gasteiger partial charge in [0.25, 0.3) is 0 Å². The largest absolute Gasteiger partial charge is 0.383 e. The van der Waals surface area contributed by atoms with Gasteiger partial charge < -0.3 is 16.0 Å². The molecule has 1 unspecified atom stereocenters. The summed E-state index contributed by atoms with van der Waals surface area (Å²) in [5.41, 5.74) is 22.9. The second-order valence-electron chi connectivity index (χ2n) is 12.4. The predicted octanol–water partition coefficient (Wildman–Crippen LogP) is 10.8. The van der Waals surface area contributed by atoms with E-state index in [9.17, 15) is 0 Å². The summed E-state index contributed by atoms with van der Waals surface area (Å²) in [5.74, 6) is 0.420. The van der Waals surface area contributed by atoms with E-state index in [0.717, 1.165) is 27.8 Å². The van der Waals surface area contributed by atoms with Crippen LogP contribution in [0.3, 0.4) is 0 Å². The molecular formula is C44H32N4S. The maximum absolute atomic E-state index is 6.67. The first kappa shape index (κ1) is 29.2. The zero-order chi connectivity index (χ0) is 32.9. The van der Waals surface area contributed by atoms with Crippen LogP contribution in [0.1, 0.15) is 17.3 Å². The van der Waals surface area contributed by atoms with Gasteiger partial charge in [-0.05, 0) is 64.2 Å². The SMILES string of the molecule is N/C(=N\C(N)c1cccc(-n2c3ccc(-c4ccccc4)cc3c3ccc(-c4cccc5c4sc4ccccc45)cc32)c1)c1ccccc1. The number of rotatable bonds is 6. The number of aliphatic imine (C=N–C) groups is 1. The molecule has 0 saturated carbocycles. The van der Waals surface area contributed by atoms with Gasteiger partial charge in [0.05, 0.1) is 11.0 Å². The summed E-state index contributed by atoms with van der Waals surface area (Å²) in [4.78, 5) is 4.67. The monoisotopic (exact) mass is 648 g/mol. The van der Waals surface area contributed by atoms with Gasteiger partial charge in [-0.2, -0.15) is 0 Å². The molecule has 0 spiro atoms. The number of nitrogens with zero attached hydrogens (tertiary/aromatic N) is 2. The van der Waals surface area contributed by atoms with Gasteiger partial charge >= 0.3 is 0 Å². The fourth-order valence-corrected chi connectivity index (χ4v) is 8.25. The Morgan fingerprint density at radius 1 is 0.551 bits per heavy atom. The molecule has 7 aromatic carbocycles. The minimum atomic E-state index is -0.612. The van der Waals surface area contributed by atoms with Crippen LogP contribution in [-0.4, -0.2) is 10.4 Å². The molecule has 9 rings (SSSR count). The molecule has 0 fully saturated rings. The molecule has 49 heavy (non-hydrogen) atoms. The first-order chi connectivity index (χ1) is 24.1. The van der Waals surface area contributed by atoms with Gasteiger partial charge in [0, 0.05) is 42.2 Å². The second kappa shape index (κ2) is 11.9. The van der Waals surface area contributed by atoms with Gasteiger partial charge in [0.1, 0.15) is 12.0 Å². The van der Waals surface area contributed by atoms with Gasteiger partial charge in [0.2, 0.25) is 0 Å². The van der Waals surface area contributed by atoms with E-state index in [1.165, 1.54) is 53.2 Å². The highest BCUT2D eigenvalue weighted by Crippen LogP contribution is 2.42. The number of fused-ring (bicyclic) bond motifs is 6. The Kier molecular flexibility index (Phi) is 7.08. The lowest BCUT2D eigenvalue weighted by Gasteiger charge is -2.14. The van der Waals surface area contributed by atoms with Crippen molar-refractivity contribution in [2.45, 2.75) is 6.17 Å². The van der Waals surface area contributed by atoms with Crippen molar-refractivity contribution >= 4 is 59.2 Å². The summed E-state index contributed by atoms with van der Waals surface area (Å²) in [5, 5.41) is 4.99. The topological polar surface area (TPSA) is 69.3 Å². The summed E-state index contributed by atoms with van der Waals surface area (Å²) >= 11 is 1.86. The normalized spacial score (nSPS) is 12.7. The molecule has 0 aliphatic heterocycles. The smallest absolute Gasteiger partial charge is 0.127 e. The van der Waals surface area contributed by atoms with Crippen LogP contribution >= 0.6 is 11.3 Å². The number of benzene rings is 7. The number of hydrogen-bond acceptors (Lipinski definition) is 3. The minimum Gasteiger partial charge on any atom is -0.383 e. The van der Waals surface area contributed by atoms with Gasteiger partial charge in [-0.1, -0.05) is 127 Å². The van der Waals surface area contributed by atoms with Gasteiger partial charge in [-0.15, -0.1) is 11.3 Å². The highest BCUT2D eigenvalue weighted by atomic mass is 32.1. The van der Waals surface area contributed by atoms with E-state index in [0.29, 0.717) is 5.84 Å². The molecule has 0 amide bonds. The Hall–Kier alpha value is -6.01. The maximum Gasteiger partial charge on any atom is 0.127 e. The lowest BCUT2D eigenvalue weighted by molar-refractivity contribution is 0.774. The molecule has 0 aliphatic carbocycles. The minimum absolute atomic E-state index is 0.420. The van der Waals surface area contributed by atoms with E-state index < -0.39 is 6.17 Å². The zero-order valence-corrected chi connectivity index (χ0v) is 27.4. The van der Waals surface area contributed by atoms with Gasteiger partial charge in [-0.25, -0.2) is 4.99 Å². The fourth-order valence-electron chi connectivity index (χ4n) is 7.01. The summed E-state index contributed by atoms with van der Waals surface area (Å²) in [6.45, 7) is 0. The van der Waals surface area contributed by atoms with Crippen LogP contribution in [-0.2, 0) is 0 Å². The Balaban J connectivity index is 1.24. The van der Waals surface area contributed by atoms with Crippen LogP contribution < -0.4 is 11.5 Å². The van der Waals surface area contributed by atoms with Crippen molar-refractivity contribution in [2.75, 3.05) is 0 Å². The number of thiophene rings is 1. The van der Waals surface area contributed by atoms with Crippen molar-refractivity contribution < 1.29 is 0 Å². The summed E-state index contributed by atoms with van der Waals surface area (Å²) in [7, 11) is 0. The number of nitrogens with two attached hydrogens (primary N) is 2. The van der Waals surface area contributed by atoms with Crippen LogP contribution in [0.2, 0.25) is 0 Å². The van der Waals surface area contributed by atoms with Crippen LogP contribution in [0.5, 0.6) is 0 Å². The molecule has 0 radical (unpaired) electrons. The fraction of sp³-hybridized carbons (Fsp3) is 0.0227. The van der Waals surface area contributed by atoms with Gasteiger partial charge in [-0.3, -0.25) is 0 Å². The first-order valence-corrected chi connectivity index (χ1v) is 17.2. The molecule has 9 aromatic rings. The molecule has 4 N–H and O–H groups in total. The molecular weight excluding hydrogens is 617 g/mol. The van der Waals surface area contributed by atoms with E-state index >= 15 is 0 Å². The van der Waals surface area contributed by atoms with Crippen LogP contribution in [0.4, 0.5) is 0 Å². The molecule has 0 aliphatic rings. The van der Waals surface area contributed by atoms with Crippen molar-refractivity contribution in [1.29, 1.82) is 0 Å². The van der Waals surface area contributed by atoms with Gasteiger partial charge in [0.15, 0.2) is 0 Å². The summed E-state index contributed by atoms with van der Waals surface area (Å²) in [6.07, 6.45) is -0.612. The number of hydrogen-bond donors (Lipinski definition) is 2. The molecule has 2 heterocycles. The lowest BCUT2D eigenvalue weighted by Crippen LogP contribution is -2.18. The molecule has 234 valence electrons. The highest BCUT2D eigenvalue weighted by Gasteiger charge is 2.17. The third-order valence-electron chi connectivity index (χ3n) is 9.41. The van der Waals surface area contributed by atoms with Crippen LogP contribution in [0.15, 0.2) is 169 Å². The Labute approximate surface area is 288 Å². The van der Waals surface area contributed by atoms with Crippen molar-refractivity contribution in [3.63, 3.8) is 0 Å². The van der Waals surface area contributed by atoms with Crippen LogP contribution in [0, 0.1) is 0 Å². The average molecular weight is 649 g/mol. The second-order valence-corrected chi connectivity index (χ2v) is 13.4.